The largest absolute Gasteiger partial charge is 0.482 e. The van der Waals surface area contributed by atoms with E-state index in [0.29, 0.717) is 49.8 Å². The van der Waals surface area contributed by atoms with Crippen molar-refractivity contribution in [2.45, 2.75) is 64.7 Å². The molecule has 0 unspecified atom stereocenters. The molecule has 4 rings (SSSR count). The summed E-state index contributed by atoms with van der Waals surface area (Å²) in [7, 11) is 0. The summed E-state index contributed by atoms with van der Waals surface area (Å²) in [6.45, 7) is 5.03. The lowest BCUT2D eigenvalue weighted by atomic mass is 9.89. The Morgan fingerprint density at radius 2 is 1.66 bits per heavy atom. The van der Waals surface area contributed by atoms with Crippen LogP contribution in [0.1, 0.15) is 44.1 Å². The number of aromatic nitrogens is 2. The lowest BCUT2D eigenvalue weighted by Crippen LogP contribution is -2.47. The van der Waals surface area contributed by atoms with Crippen LogP contribution in [-0.4, -0.2) is 59.5 Å². The zero-order chi connectivity index (χ0) is 26.4. The van der Waals surface area contributed by atoms with Crippen LogP contribution in [0.3, 0.4) is 0 Å². The van der Waals surface area contributed by atoms with Gasteiger partial charge in [0.1, 0.15) is 5.75 Å². The number of anilines is 1. The van der Waals surface area contributed by atoms with Gasteiger partial charge >= 0.3 is 11.9 Å². The average Bonchev–Trinajstić information content (AvgIpc) is 2.89. The van der Waals surface area contributed by atoms with Crippen molar-refractivity contribution in [2.24, 2.45) is 5.92 Å². The molecular weight excluding hydrogens is 521 g/mol. The number of benzene rings is 1. The van der Waals surface area contributed by atoms with Crippen LogP contribution in [0.25, 0.3) is 0 Å². The summed E-state index contributed by atoms with van der Waals surface area (Å²) in [6.07, 6.45) is 3.94. The quantitative estimate of drug-likeness (QED) is 0.454. The Labute approximate surface area is 227 Å². The first-order valence-corrected chi connectivity index (χ1v) is 13.3. The third kappa shape index (κ3) is 8.02. The number of para-hydroxylation sites is 2. The lowest BCUT2D eigenvalue weighted by Gasteiger charge is -2.36. The summed E-state index contributed by atoms with van der Waals surface area (Å²) in [4.78, 5) is 30.1. The molecule has 1 aliphatic heterocycles. The van der Waals surface area contributed by atoms with Gasteiger partial charge in [-0.25, -0.2) is 4.79 Å². The van der Waals surface area contributed by atoms with E-state index in [4.69, 9.17) is 4.74 Å². The first kappa shape index (κ1) is 30.1. The van der Waals surface area contributed by atoms with E-state index in [0.717, 1.165) is 32.5 Å². The summed E-state index contributed by atoms with van der Waals surface area (Å²) in [6, 6.07) is 6.81. The van der Waals surface area contributed by atoms with Crippen molar-refractivity contribution < 1.29 is 17.9 Å². The van der Waals surface area contributed by atoms with E-state index in [1.165, 1.54) is 23.8 Å². The number of aryl methyl sites for hydroxylation is 1. The summed E-state index contributed by atoms with van der Waals surface area (Å²) < 4.78 is 46.0. The summed E-state index contributed by atoms with van der Waals surface area (Å²) in [5.41, 5.74) is 0.818. The third-order valence-corrected chi connectivity index (χ3v) is 7.41. The van der Waals surface area contributed by atoms with E-state index in [2.05, 4.69) is 4.90 Å². The van der Waals surface area contributed by atoms with Gasteiger partial charge in [0.05, 0.1) is 5.69 Å². The van der Waals surface area contributed by atoms with Crippen LogP contribution >= 0.6 is 12.4 Å². The highest BCUT2D eigenvalue weighted by molar-refractivity contribution is 5.85. The van der Waals surface area contributed by atoms with Crippen molar-refractivity contribution in [3.05, 3.63) is 56.9 Å². The van der Waals surface area contributed by atoms with Gasteiger partial charge in [-0.15, -0.1) is 12.4 Å². The van der Waals surface area contributed by atoms with Crippen molar-refractivity contribution in [1.29, 1.82) is 0 Å². The van der Waals surface area contributed by atoms with Gasteiger partial charge in [0, 0.05) is 51.0 Å². The molecule has 0 atom stereocenters. The minimum atomic E-state index is -4.38. The number of piperazine rings is 1. The molecule has 11 heteroatoms. The molecule has 0 radical (unpaired) electrons. The fourth-order valence-electron chi connectivity index (χ4n) is 5.44. The molecule has 0 N–H and O–H groups in total. The molecular formula is C27H38ClF3N4O3. The molecule has 1 saturated carbocycles. The van der Waals surface area contributed by atoms with Crippen molar-refractivity contribution in [1.82, 2.24) is 14.0 Å². The molecule has 2 aliphatic rings. The van der Waals surface area contributed by atoms with Crippen LogP contribution in [-0.2, 0) is 13.1 Å². The van der Waals surface area contributed by atoms with Crippen LogP contribution in [0.2, 0.25) is 0 Å². The second kappa shape index (κ2) is 13.6. The number of rotatable bonds is 9. The molecule has 1 aliphatic carbocycles. The Bertz CT molecular complexity index is 1150. The number of hydrogen-bond donors (Lipinski definition) is 0. The molecule has 0 amide bonds. The lowest BCUT2D eigenvalue weighted by molar-refractivity contribution is -0.153. The number of halogens is 4. The van der Waals surface area contributed by atoms with E-state index in [1.807, 2.05) is 4.90 Å². The molecule has 1 saturated heterocycles. The Morgan fingerprint density at radius 3 is 2.34 bits per heavy atom. The molecule has 1 aromatic carbocycles. The Balaban J connectivity index is 0.00000400. The van der Waals surface area contributed by atoms with Gasteiger partial charge in [-0.05, 0) is 50.8 Å². The van der Waals surface area contributed by atoms with Crippen molar-refractivity contribution >= 4 is 18.1 Å². The number of alkyl halides is 3. The Kier molecular flexibility index (Phi) is 10.7. The molecule has 38 heavy (non-hydrogen) atoms. The summed E-state index contributed by atoms with van der Waals surface area (Å²) >= 11 is 0. The van der Waals surface area contributed by atoms with Crippen LogP contribution in [0.5, 0.6) is 5.75 Å². The Hall–Kier alpha value is -2.46. The van der Waals surface area contributed by atoms with Crippen molar-refractivity contribution in [3.63, 3.8) is 0 Å². The van der Waals surface area contributed by atoms with Gasteiger partial charge in [0.25, 0.3) is 5.56 Å². The topological polar surface area (TPSA) is 59.7 Å². The van der Waals surface area contributed by atoms with Gasteiger partial charge < -0.3 is 9.64 Å². The fourth-order valence-corrected chi connectivity index (χ4v) is 5.44. The van der Waals surface area contributed by atoms with E-state index in [9.17, 15) is 22.8 Å². The maximum absolute atomic E-state index is 13.1. The van der Waals surface area contributed by atoms with Gasteiger partial charge in [0.15, 0.2) is 6.61 Å². The molecule has 0 bridgehead atoms. The highest BCUT2D eigenvalue weighted by Crippen LogP contribution is 2.30. The minimum Gasteiger partial charge on any atom is -0.482 e. The maximum atomic E-state index is 13.1. The normalized spacial score (nSPS) is 17.3. The zero-order valence-corrected chi connectivity index (χ0v) is 22.7. The highest BCUT2D eigenvalue weighted by Gasteiger charge is 2.29. The highest BCUT2D eigenvalue weighted by atomic mass is 35.5. The molecule has 0 spiro atoms. The molecule has 2 heterocycles. The van der Waals surface area contributed by atoms with E-state index >= 15 is 0 Å². The number of ether oxygens (including phenoxy) is 1. The zero-order valence-electron chi connectivity index (χ0n) is 21.9. The van der Waals surface area contributed by atoms with Gasteiger partial charge in [0.2, 0.25) is 0 Å². The smallest absolute Gasteiger partial charge is 0.422 e. The van der Waals surface area contributed by atoms with Gasteiger partial charge in [-0.2, -0.15) is 13.2 Å². The molecule has 2 aromatic rings. The second-order valence-electron chi connectivity index (χ2n) is 10.3. The van der Waals surface area contributed by atoms with Crippen molar-refractivity contribution in [2.75, 3.05) is 44.2 Å². The van der Waals surface area contributed by atoms with Crippen LogP contribution in [0.15, 0.2) is 40.1 Å². The predicted molar refractivity (Wildman–Crippen MR) is 145 cm³/mol. The first-order valence-electron chi connectivity index (χ1n) is 13.3. The average molecular weight is 559 g/mol. The summed E-state index contributed by atoms with van der Waals surface area (Å²) in [5.74, 6) is 0.730. The van der Waals surface area contributed by atoms with Crippen molar-refractivity contribution in [3.8, 4) is 5.75 Å². The van der Waals surface area contributed by atoms with E-state index in [-0.39, 0.29) is 29.4 Å². The van der Waals surface area contributed by atoms with Gasteiger partial charge in [-0.1, -0.05) is 31.4 Å². The minimum absolute atomic E-state index is 0. The SMILES string of the molecule is Cc1cn(CC2CCCCC2)c(=O)n(CCCN2CCN(c3ccccc3OCC(F)(F)F)CC2)c1=O.Cl. The standard InChI is InChI=1S/C27H37F3N4O3.ClH/c1-21-18-33(19-22-8-3-2-4-9-22)26(36)34(25(21)35)13-7-12-31-14-16-32(17-15-31)23-10-5-6-11-24(23)37-20-27(28,29)30;/h5-6,10-11,18,22H,2-4,7-9,12-17,19-20H2,1H3;1H. The molecule has 212 valence electrons. The summed E-state index contributed by atoms with van der Waals surface area (Å²) in [5, 5.41) is 0. The van der Waals surface area contributed by atoms with Crippen LogP contribution in [0, 0.1) is 12.8 Å². The number of nitrogens with zero attached hydrogens (tertiary/aromatic N) is 4. The Morgan fingerprint density at radius 1 is 0.974 bits per heavy atom. The van der Waals surface area contributed by atoms with E-state index < -0.39 is 12.8 Å². The maximum Gasteiger partial charge on any atom is 0.422 e. The number of hydrogen-bond acceptors (Lipinski definition) is 5. The molecule has 2 fully saturated rings. The first-order chi connectivity index (χ1) is 17.7. The predicted octanol–water partition coefficient (Wildman–Crippen LogP) is 4.47. The molecule has 7 nitrogen and oxygen atoms in total. The molecule has 1 aromatic heterocycles. The monoisotopic (exact) mass is 558 g/mol. The van der Waals surface area contributed by atoms with Crippen LogP contribution < -0.4 is 20.9 Å². The van der Waals surface area contributed by atoms with E-state index in [1.54, 1.807) is 42.0 Å². The van der Waals surface area contributed by atoms with Gasteiger partial charge in [-0.3, -0.25) is 18.8 Å². The second-order valence-corrected chi connectivity index (χ2v) is 10.3. The van der Waals surface area contributed by atoms with Crippen LogP contribution in [0.4, 0.5) is 18.9 Å². The third-order valence-electron chi connectivity index (χ3n) is 7.41. The fraction of sp³-hybridized carbons (Fsp3) is 0.630.